The minimum atomic E-state index is -0.183. The largest absolute Gasteiger partial charge is 0.346 e. The molecule has 29 heavy (non-hydrogen) atoms. The second-order valence-corrected chi connectivity index (χ2v) is 8.58. The molecule has 2 N–H and O–H groups in total. The molecule has 2 aliphatic heterocycles. The van der Waals surface area contributed by atoms with E-state index in [4.69, 9.17) is 0 Å². The van der Waals surface area contributed by atoms with E-state index in [-0.39, 0.29) is 23.4 Å². The lowest BCUT2D eigenvalue weighted by molar-refractivity contribution is -0.121. The third-order valence-corrected chi connectivity index (χ3v) is 6.48. The molecule has 0 saturated carbocycles. The predicted octanol–water partition coefficient (Wildman–Crippen LogP) is 2.22. The number of amides is 2. The Morgan fingerprint density at radius 1 is 1.34 bits per heavy atom. The highest BCUT2D eigenvalue weighted by atomic mass is 16.2. The molecule has 2 aromatic heterocycles. The molecule has 1 atom stereocenters. The molecule has 1 spiro atoms. The molecule has 1 unspecified atom stereocenters. The number of likely N-dealkylation sites (tertiary alicyclic amines) is 1. The molecule has 0 aromatic carbocycles. The summed E-state index contributed by atoms with van der Waals surface area (Å²) in [5, 5.41) is 9.94. The van der Waals surface area contributed by atoms with E-state index >= 15 is 0 Å². The van der Waals surface area contributed by atoms with Crippen LogP contribution in [0.5, 0.6) is 0 Å². The van der Waals surface area contributed by atoms with E-state index in [0.29, 0.717) is 25.2 Å². The zero-order chi connectivity index (χ0) is 20.0. The van der Waals surface area contributed by atoms with Crippen LogP contribution in [-0.2, 0) is 10.3 Å². The van der Waals surface area contributed by atoms with Crippen molar-refractivity contribution >= 4 is 11.8 Å². The number of hydrogen-bond acceptors (Lipinski definition) is 4. The molecule has 4 heterocycles. The van der Waals surface area contributed by atoms with Crippen molar-refractivity contribution in [3.63, 3.8) is 0 Å². The number of aryl methyl sites for hydroxylation is 1. The van der Waals surface area contributed by atoms with Crippen molar-refractivity contribution in [2.24, 2.45) is 0 Å². The van der Waals surface area contributed by atoms with Crippen LogP contribution < -0.4 is 5.32 Å². The maximum absolute atomic E-state index is 12.7. The normalized spacial score (nSPS) is 22.2. The van der Waals surface area contributed by atoms with Crippen molar-refractivity contribution in [1.29, 1.82) is 0 Å². The number of carbonyl (C=O) groups is 2. The van der Waals surface area contributed by atoms with Gasteiger partial charge in [0.25, 0.3) is 5.91 Å². The van der Waals surface area contributed by atoms with Crippen LogP contribution in [0, 0.1) is 6.92 Å². The lowest BCUT2D eigenvalue weighted by Gasteiger charge is -2.48. The third-order valence-electron chi connectivity index (χ3n) is 6.48. The van der Waals surface area contributed by atoms with Gasteiger partial charge in [-0.2, -0.15) is 5.10 Å². The van der Waals surface area contributed by atoms with Gasteiger partial charge in [-0.1, -0.05) is 11.6 Å². The number of aromatic nitrogens is 4. The summed E-state index contributed by atoms with van der Waals surface area (Å²) in [7, 11) is 0. The van der Waals surface area contributed by atoms with Gasteiger partial charge in [-0.05, 0) is 38.2 Å². The number of nitrogens with zero attached hydrogens (tertiary/aromatic N) is 4. The monoisotopic (exact) mass is 394 g/mol. The van der Waals surface area contributed by atoms with E-state index in [1.54, 1.807) is 12.4 Å². The number of hydrogen-bond donors (Lipinski definition) is 2. The summed E-state index contributed by atoms with van der Waals surface area (Å²) < 4.78 is 2.15. The number of H-pyrrole nitrogens is 1. The topological polar surface area (TPSA) is 95.9 Å². The Morgan fingerprint density at radius 2 is 2.21 bits per heavy atom. The van der Waals surface area contributed by atoms with Crippen LogP contribution in [0.2, 0.25) is 0 Å². The number of rotatable bonds is 4. The van der Waals surface area contributed by atoms with E-state index in [1.807, 2.05) is 18.0 Å². The average Bonchev–Trinajstić information content (AvgIpc) is 3.38. The van der Waals surface area contributed by atoms with Gasteiger partial charge in [0.2, 0.25) is 5.91 Å². The third kappa shape index (κ3) is 3.07. The van der Waals surface area contributed by atoms with Gasteiger partial charge in [-0.3, -0.25) is 14.7 Å². The van der Waals surface area contributed by atoms with Crippen molar-refractivity contribution in [2.45, 2.75) is 57.0 Å². The summed E-state index contributed by atoms with van der Waals surface area (Å²) in [4.78, 5) is 31.7. The predicted molar refractivity (Wildman–Crippen MR) is 106 cm³/mol. The Morgan fingerprint density at radius 3 is 2.93 bits per heavy atom. The fraction of sp³-hybridized carbons (Fsp3) is 0.524. The Labute approximate surface area is 169 Å². The van der Waals surface area contributed by atoms with Gasteiger partial charge in [0, 0.05) is 38.3 Å². The average molecular weight is 394 g/mol. The van der Waals surface area contributed by atoms with Crippen LogP contribution in [0.25, 0.3) is 0 Å². The van der Waals surface area contributed by atoms with Crippen LogP contribution >= 0.6 is 0 Å². The maximum atomic E-state index is 12.7. The first-order valence-electron chi connectivity index (χ1n) is 10.4. The summed E-state index contributed by atoms with van der Waals surface area (Å²) in [6.45, 7) is 3.11. The van der Waals surface area contributed by atoms with Crippen molar-refractivity contribution < 1.29 is 9.59 Å². The Balaban J connectivity index is 1.26. The number of carbonyl (C=O) groups excluding carboxylic acids is 2. The van der Waals surface area contributed by atoms with Crippen LogP contribution in [0.1, 0.15) is 66.4 Å². The smallest absolute Gasteiger partial charge is 0.272 e. The molecule has 1 saturated heterocycles. The fourth-order valence-corrected chi connectivity index (χ4v) is 4.99. The SMILES string of the molecule is Cc1cn[nH]c1C(=O)N1CC2(CC(NC(=O)CC3=CCCCC3)c3nccn32)C1. The standard InChI is InChI=1S/C21H26N6O2/c1-14-11-23-25-18(14)20(29)26-12-21(13-26)10-16(19-22-7-8-27(19)21)24-17(28)9-15-5-3-2-4-6-15/h5,7-8,11,16H,2-4,6,9-10,12-13H2,1H3,(H,23,25)(H,24,28). The minimum absolute atomic E-state index is 0.0241. The number of nitrogens with one attached hydrogen (secondary N) is 2. The lowest BCUT2D eigenvalue weighted by atomic mass is 9.85. The first-order valence-corrected chi connectivity index (χ1v) is 10.4. The van der Waals surface area contributed by atoms with Gasteiger partial charge < -0.3 is 14.8 Å². The molecule has 8 heteroatoms. The molecule has 0 bridgehead atoms. The lowest BCUT2D eigenvalue weighted by Crippen LogP contribution is -2.63. The van der Waals surface area contributed by atoms with Crippen molar-refractivity contribution in [1.82, 2.24) is 30.0 Å². The molecule has 0 radical (unpaired) electrons. The Bertz CT molecular complexity index is 981. The number of allylic oxidation sites excluding steroid dienone is 1. The van der Waals surface area contributed by atoms with E-state index in [9.17, 15) is 9.59 Å². The molecule has 5 rings (SSSR count). The summed E-state index contributed by atoms with van der Waals surface area (Å²) >= 11 is 0. The van der Waals surface area contributed by atoms with E-state index in [2.05, 4.69) is 31.1 Å². The summed E-state index contributed by atoms with van der Waals surface area (Å²) in [5.41, 5.74) is 2.47. The minimum Gasteiger partial charge on any atom is -0.346 e. The molecule has 152 valence electrons. The van der Waals surface area contributed by atoms with Gasteiger partial charge in [0.1, 0.15) is 11.5 Å². The summed E-state index contributed by atoms with van der Waals surface area (Å²) in [6, 6.07) is -0.104. The molecule has 2 amide bonds. The zero-order valence-corrected chi connectivity index (χ0v) is 16.6. The number of aromatic amines is 1. The fourth-order valence-electron chi connectivity index (χ4n) is 4.99. The highest BCUT2D eigenvalue weighted by Crippen LogP contribution is 2.44. The van der Waals surface area contributed by atoms with Gasteiger partial charge in [-0.25, -0.2) is 4.98 Å². The summed E-state index contributed by atoms with van der Waals surface area (Å²) in [5.74, 6) is 0.930. The highest BCUT2D eigenvalue weighted by Gasteiger charge is 2.54. The first kappa shape index (κ1) is 18.1. The van der Waals surface area contributed by atoms with Crippen LogP contribution in [-0.4, -0.2) is 49.6 Å². The number of fused-ring (bicyclic) bond motifs is 2. The highest BCUT2D eigenvalue weighted by molar-refractivity contribution is 5.94. The van der Waals surface area contributed by atoms with Crippen LogP contribution in [0.15, 0.2) is 30.2 Å². The molecule has 2 aromatic rings. The van der Waals surface area contributed by atoms with E-state index in [1.165, 1.54) is 18.4 Å². The quantitative estimate of drug-likeness (QED) is 0.777. The van der Waals surface area contributed by atoms with E-state index in [0.717, 1.165) is 30.7 Å². The molecule has 8 nitrogen and oxygen atoms in total. The molecule has 3 aliphatic rings. The van der Waals surface area contributed by atoms with Crippen molar-refractivity contribution in [3.8, 4) is 0 Å². The molecule has 1 aliphatic carbocycles. The first-order chi connectivity index (χ1) is 14.1. The summed E-state index contributed by atoms with van der Waals surface area (Å²) in [6.07, 6.45) is 13.4. The number of imidazole rings is 1. The molecular weight excluding hydrogens is 368 g/mol. The van der Waals surface area contributed by atoms with E-state index < -0.39 is 0 Å². The Hall–Kier alpha value is -2.90. The van der Waals surface area contributed by atoms with Crippen LogP contribution in [0.4, 0.5) is 0 Å². The molecule has 1 fully saturated rings. The van der Waals surface area contributed by atoms with Gasteiger partial charge >= 0.3 is 0 Å². The van der Waals surface area contributed by atoms with Crippen molar-refractivity contribution in [2.75, 3.05) is 13.1 Å². The van der Waals surface area contributed by atoms with Gasteiger partial charge in [0.15, 0.2) is 0 Å². The Kier molecular flexibility index (Phi) is 4.29. The molecular formula is C21H26N6O2. The van der Waals surface area contributed by atoms with Crippen molar-refractivity contribution in [3.05, 3.63) is 47.3 Å². The van der Waals surface area contributed by atoms with Gasteiger partial charge in [-0.15, -0.1) is 0 Å². The van der Waals surface area contributed by atoms with Gasteiger partial charge in [0.05, 0.1) is 17.8 Å². The van der Waals surface area contributed by atoms with Crippen LogP contribution in [0.3, 0.4) is 0 Å². The maximum Gasteiger partial charge on any atom is 0.272 e. The second kappa shape index (κ2) is 6.86. The zero-order valence-electron chi connectivity index (χ0n) is 16.6. The second-order valence-electron chi connectivity index (χ2n) is 8.58.